The third-order valence-corrected chi connectivity index (χ3v) is 4.66. The molecule has 0 radical (unpaired) electrons. The third-order valence-electron chi connectivity index (χ3n) is 4.66. The Morgan fingerprint density at radius 1 is 1.04 bits per heavy atom. The molecule has 1 aliphatic rings. The van der Waals surface area contributed by atoms with Crippen molar-refractivity contribution >= 4 is 16.9 Å². The van der Waals surface area contributed by atoms with Crippen molar-refractivity contribution in [3.8, 4) is 0 Å². The van der Waals surface area contributed by atoms with Gasteiger partial charge in [-0.15, -0.1) is 0 Å². The number of aromatic nitrogens is 2. The fraction of sp³-hybridized carbons (Fsp3) is 0.263. The number of hydrogen-bond acceptors (Lipinski definition) is 3. The molecule has 1 aromatic heterocycles. The smallest absolute Gasteiger partial charge is 0.254 e. The van der Waals surface area contributed by atoms with E-state index in [1.54, 1.807) is 17.3 Å². The number of aromatic amines is 1. The van der Waals surface area contributed by atoms with E-state index in [1.165, 1.54) is 12.1 Å². The van der Waals surface area contributed by atoms with Gasteiger partial charge in [0.25, 0.3) is 5.91 Å². The Kier molecular flexibility index (Phi) is 4.38. The minimum atomic E-state index is -0.567. The van der Waals surface area contributed by atoms with Gasteiger partial charge in [0.15, 0.2) is 0 Å². The van der Waals surface area contributed by atoms with Crippen LogP contribution in [0.4, 0.5) is 8.78 Å². The van der Waals surface area contributed by atoms with E-state index in [1.807, 2.05) is 12.1 Å². The minimum Gasteiger partial charge on any atom is -0.345 e. The van der Waals surface area contributed by atoms with Crippen LogP contribution in [0.3, 0.4) is 0 Å². The van der Waals surface area contributed by atoms with Crippen LogP contribution in [0, 0.1) is 11.6 Å². The average Bonchev–Trinajstić information content (AvgIpc) is 3.08. The Bertz CT molecular complexity index is 927. The van der Waals surface area contributed by atoms with Gasteiger partial charge in [-0.3, -0.25) is 9.69 Å². The summed E-state index contributed by atoms with van der Waals surface area (Å²) in [5.41, 5.74) is 2.89. The first kappa shape index (κ1) is 16.7. The molecule has 0 atom stereocenters. The molecule has 7 heteroatoms. The molecule has 0 unspecified atom stereocenters. The molecule has 0 saturated carbocycles. The fourth-order valence-electron chi connectivity index (χ4n) is 3.32. The fourth-order valence-corrected chi connectivity index (χ4v) is 3.32. The molecule has 5 nitrogen and oxygen atoms in total. The van der Waals surface area contributed by atoms with E-state index >= 15 is 0 Å². The zero-order valence-electron chi connectivity index (χ0n) is 14.1. The lowest BCUT2D eigenvalue weighted by atomic mass is 10.1. The van der Waals surface area contributed by atoms with Gasteiger partial charge in [0.1, 0.15) is 11.6 Å². The summed E-state index contributed by atoms with van der Waals surface area (Å²) in [5.74, 6) is -1.15. The van der Waals surface area contributed by atoms with Crippen molar-refractivity contribution in [2.45, 2.75) is 6.54 Å². The molecule has 1 N–H and O–H groups in total. The van der Waals surface area contributed by atoms with Gasteiger partial charge in [-0.1, -0.05) is 0 Å². The lowest BCUT2D eigenvalue weighted by Crippen LogP contribution is -2.48. The van der Waals surface area contributed by atoms with Crippen LogP contribution in [-0.2, 0) is 6.54 Å². The minimum absolute atomic E-state index is 0.0158. The molecule has 0 aliphatic carbocycles. The number of H-pyrrole nitrogens is 1. The van der Waals surface area contributed by atoms with E-state index in [0.717, 1.165) is 17.1 Å². The predicted octanol–water partition coefficient (Wildman–Crippen LogP) is 2.80. The molecule has 0 spiro atoms. The highest BCUT2D eigenvalue weighted by Gasteiger charge is 2.22. The number of hydrogen-bond donors (Lipinski definition) is 1. The Balaban J connectivity index is 1.38. The summed E-state index contributed by atoms with van der Waals surface area (Å²) in [4.78, 5) is 23.8. The number of imidazole rings is 1. The number of piperazine rings is 1. The van der Waals surface area contributed by atoms with Crippen LogP contribution in [0.2, 0.25) is 0 Å². The Morgan fingerprint density at radius 2 is 1.77 bits per heavy atom. The standard InChI is InChI=1S/C19H18F2N4O/c20-15-7-13(8-16(21)10-15)11-24-3-5-25(6-4-24)19(26)14-1-2-17-18(9-14)23-12-22-17/h1-2,7-10,12H,3-6,11H2,(H,22,23). The lowest BCUT2D eigenvalue weighted by molar-refractivity contribution is 0.0628. The van der Waals surface area contributed by atoms with E-state index in [0.29, 0.717) is 43.9 Å². The SMILES string of the molecule is O=C(c1ccc2nc[nH]c2c1)N1CCN(Cc2cc(F)cc(F)c2)CC1. The number of halogens is 2. The first-order chi connectivity index (χ1) is 12.6. The molecule has 134 valence electrons. The maximum Gasteiger partial charge on any atom is 0.254 e. The molecule has 0 bridgehead atoms. The summed E-state index contributed by atoms with van der Waals surface area (Å²) in [6, 6.07) is 8.99. The monoisotopic (exact) mass is 356 g/mol. The van der Waals surface area contributed by atoms with Crippen LogP contribution in [0.15, 0.2) is 42.7 Å². The largest absolute Gasteiger partial charge is 0.345 e. The van der Waals surface area contributed by atoms with Gasteiger partial charge in [0, 0.05) is 44.4 Å². The van der Waals surface area contributed by atoms with Gasteiger partial charge in [-0.2, -0.15) is 0 Å². The molecule has 4 rings (SSSR count). The van der Waals surface area contributed by atoms with Crippen molar-refractivity contribution in [1.29, 1.82) is 0 Å². The molecule has 1 amide bonds. The highest BCUT2D eigenvalue weighted by Crippen LogP contribution is 2.16. The summed E-state index contributed by atoms with van der Waals surface area (Å²) in [7, 11) is 0. The van der Waals surface area contributed by atoms with Crippen molar-refractivity contribution in [2.24, 2.45) is 0 Å². The van der Waals surface area contributed by atoms with Crippen molar-refractivity contribution in [2.75, 3.05) is 26.2 Å². The van der Waals surface area contributed by atoms with Crippen molar-refractivity contribution < 1.29 is 13.6 Å². The van der Waals surface area contributed by atoms with Crippen molar-refractivity contribution in [3.05, 3.63) is 65.5 Å². The second-order valence-electron chi connectivity index (χ2n) is 6.48. The number of nitrogens with zero attached hydrogens (tertiary/aromatic N) is 3. The van der Waals surface area contributed by atoms with E-state index in [4.69, 9.17) is 0 Å². The van der Waals surface area contributed by atoms with E-state index < -0.39 is 11.6 Å². The first-order valence-electron chi connectivity index (χ1n) is 8.48. The molecule has 1 saturated heterocycles. The molecular formula is C19H18F2N4O. The van der Waals surface area contributed by atoms with Crippen LogP contribution in [0.5, 0.6) is 0 Å². The summed E-state index contributed by atoms with van der Waals surface area (Å²) in [5, 5.41) is 0. The van der Waals surface area contributed by atoms with Crippen LogP contribution >= 0.6 is 0 Å². The van der Waals surface area contributed by atoms with Crippen molar-refractivity contribution in [1.82, 2.24) is 19.8 Å². The average molecular weight is 356 g/mol. The molecule has 1 aliphatic heterocycles. The number of benzene rings is 2. The van der Waals surface area contributed by atoms with Gasteiger partial charge < -0.3 is 9.88 Å². The maximum absolute atomic E-state index is 13.3. The van der Waals surface area contributed by atoms with Crippen LogP contribution in [-0.4, -0.2) is 51.9 Å². The maximum atomic E-state index is 13.3. The van der Waals surface area contributed by atoms with Gasteiger partial charge in [-0.05, 0) is 35.9 Å². The molecule has 2 heterocycles. The zero-order valence-corrected chi connectivity index (χ0v) is 14.1. The molecule has 1 fully saturated rings. The Hall–Kier alpha value is -2.80. The molecule has 26 heavy (non-hydrogen) atoms. The van der Waals surface area contributed by atoms with E-state index in [-0.39, 0.29) is 5.91 Å². The number of carbonyl (C=O) groups is 1. The topological polar surface area (TPSA) is 52.2 Å². The number of amides is 1. The lowest BCUT2D eigenvalue weighted by Gasteiger charge is -2.34. The molecular weight excluding hydrogens is 338 g/mol. The quantitative estimate of drug-likeness (QED) is 0.785. The van der Waals surface area contributed by atoms with Crippen LogP contribution in [0.25, 0.3) is 11.0 Å². The van der Waals surface area contributed by atoms with Gasteiger partial charge >= 0.3 is 0 Å². The van der Waals surface area contributed by atoms with E-state index in [2.05, 4.69) is 14.9 Å². The second-order valence-corrected chi connectivity index (χ2v) is 6.48. The van der Waals surface area contributed by atoms with Crippen LogP contribution < -0.4 is 0 Å². The summed E-state index contributed by atoms with van der Waals surface area (Å²) in [6.45, 7) is 2.96. The van der Waals surface area contributed by atoms with Crippen molar-refractivity contribution in [3.63, 3.8) is 0 Å². The van der Waals surface area contributed by atoms with Gasteiger partial charge in [0.2, 0.25) is 0 Å². The van der Waals surface area contributed by atoms with E-state index in [9.17, 15) is 13.6 Å². The summed E-state index contributed by atoms with van der Waals surface area (Å²) >= 11 is 0. The number of carbonyl (C=O) groups excluding carboxylic acids is 1. The number of nitrogens with one attached hydrogen (secondary N) is 1. The van der Waals surface area contributed by atoms with Gasteiger partial charge in [0.05, 0.1) is 17.4 Å². The highest BCUT2D eigenvalue weighted by molar-refractivity contribution is 5.97. The molecule has 3 aromatic rings. The number of fused-ring (bicyclic) bond motifs is 1. The zero-order chi connectivity index (χ0) is 18.1. The Labute approximate surface area is 149 Å². The highest BCUT2D eigenvalue weighted by atomic mass is 19.1. The molecule has 2 aromatic carbocycles. The summed E-state index contributed by atoms with van der Waals surface area (Å²) < 4.78 is 26.6. The normalized spacial score (nSPS) is 15.5. The summed E-state index contributed by atoms with van der Waals surface area (Å²) in [6.07, 6.45) is 1.60. The number of rotatable bonds is 3. The van der Waals surface area contributed by atoms with Crippen LogP contribution in [0.1, 0.15) is 15.9 Å². The predicted molar refractivity (Wildman–Crippen MR) is 93.6 cm³/mol. The Morgan fingerprint density at radius 3 is 2.50 bits per heavy atom. The third kappa shape index (κ3) is 3.43. The second kappa shape index (κ2) is 6.84. The first-order valence-corrected chi connectivity index (χ1v) is 8.48. The van der Waals surface area contributed by atoms with Gasteiger partial charge in [-0.25, -0.2) is 13.8 Å².